The van der Waals surface area contributed by atoms with E-state index in [1.54, 1.807) is 12.1 Å². The van der Waals surface area contributed by atoms with Crippen LogP contribution in [0.2, 0.25) is 0 Å². The fraction of sp³-hybridized carbons (Fsp3) is 0.258. The van der Waals surface area contributed by atoms with Crippen molar-refractivity contribution in [1.82, 2.24) is 24.1 Å². The van der Waals surface area contributed by atoms with Crippen LogP contribution < -0.4 is 26.5 Å². The van der Waals surface area contributed by atoms with Gasteiger partial charge in [-0.25, -0.2) is 9.36 Å². The highest BCUT2D eigenvalue weighted by Gasteiger charge is 2.53. The van der Waals surface area contributed by atoms with Crippen LogP contribution in [0.4, 0.5) is 5.13 Å². The van der Waals surface area contributed by atoms with Crippen molar-refractivity contribution in [2.24, 2.45) is 10.9 Å². The lowest BCUT2D eigenvalue weighted by Crippen LogP contribution is -2.71. The number of amides is 2. The van der Waals surface area contributed by atoms with Gasteiger partial charge in [-0.2, -0.15) is 9.36 Å². The monoisotopic (exact) mass is 718 g/mol. The van der Waals surface area contributed by atoms with E-state index in [1.807, 2.05) is 47.4 Å². The number of anilines is 1. The van der Waals surface area contributed by atoms with Gasteiger partial charge in [-0.1, -0.05) is 29.4 Å². The number of aromatic nitrogens is 4. The van der Waals surface area contributed by atoms with Crippen molar-refractivity contribution in [3.8, 4) is 0 Å². The minimum absolute atomic E-state index is 0.00292. The molecule has 0 aliphatic carbocycles. The molecule has 50 heavy (non-hydrogen) atoms. The van der Waals surface area contributed by atoms with Gasteiger partial charge < -0.3 is 41.2 Å². The molecular weight excluding hydrogens is 689 g/mol. The molecule has 7 N–H and O–H groups in total. The summed E-state index contributed by atoms with van der Waals surface area (Å²) in [6.07, 6.45) is 5.65. The SMILES string of the molecule is CC(C)(ON=C(C(=O)N[C@@H]1C(=O)N2C(C(=O)[O-])=C(C[n+]3ccc4c(ccn4Cc4ccc(C(=N)N)cc4)c3)CS[C@H]12)c1nsc(N)n1)C(=O)O. The molecule has 4 aromatic rings. The van der Waals surface area contributed by atoms with Crippen molar-refractivity contribution >= 4 is 74.6 Å². The predicted molar refractivity (Wildman–Crippen MR) is 179 cm³/mol. The van der Waals surface area contributed by atoms with Gasteiger partial charge in [0.15, 0.2) is 24.1 Å². The third-order valence-corrected chi connectivity index (χ3v) is 9.92. The van der Waals surface area contributed by atoms with Gasteiger partial charge in [0.2, 0.25) is 17.1 Å². The number of carbonyl (C=O) groups excluding carboxylic acids is 3. The minimum atomic E-state index is -1.81. The number of nitrogen functional groups attached to an aromatic ring is 2. The van der Waals surface area contributed by atoms with Crippen molar-refractivity contribution in [2.45, 2.75) is 44.0 Å². The Morgan fingerprint density at radius 3 is 2.62 bits per heavy atom. The van der Waals surface area contributed by atoms with Crippen LogP contribution in [0, 0.1) is 5.41 Å². The number of pyridine rings is 1. The number of aliphatic carboxylic acids is 2. The van der Waals surface area contributed by atoms with Crippen LogP contribution in [0.3, 0.4) is 0 Å². The van der Waals surface area contributed by atoms with Crippen LogP contribution in [0.15, 0.2) is 71.4 Å². The third-order valence-electron chi connectivity index (χ3n) is 8.04. The lowest BCUT2D eigenvalue weighted by molar-refractivity contribution is -0.687. The number of carboxylic acids is 2. The van der Waals surface area contributed by atoms with Crippen LogP contribution in [0.25, 0.3) is 10.9 Å². The zero-order valence-electron chi connectivity index (χ0n) is 26.5. The maximum Gasteiger partial charge on any atom is 0.350 e. The smallest absolute Gasteiger partial charge is 0.350 e. The molecule has 0 spiro atoms. The molecule has 0 saturated carbocycles. The van der Waals surface area contributed by atoms with E-state index in [2.05, 4.69) is 24.4 Å². The van der Waals surface area contributed by atoms with E-state index in [0.717, 1.165) is 32.9 Å². The predicted octanol–water partition coefficient (Wildman–Crippen LogP) is -0.617. The third kappa shape index (κ3) is 6.59. The Hall–Kier alpha value is -5.82. The summed E-state index contributed by atoms with van der Waals surface area (Å²) < 4.78 is 7.84. The average molecular weight is 719 g/mol. The Labute approximate surface area is 291 Å². The van der Waals surface area contributed by atoms with Crippen molar-refractivity contribution in [1.29, 1.82) is 5.41 Å². The number of nitrogens with one attached hydrogen (secondary N) is 2. The van der Waals surface area contributed by atoms with Gasteiger partial charge in [0.1, 0.15) is 17.3 Å². The molecule has 2 aliphatic rings. The van der Waals surface area contributed by atoms with E-state index < -0.39 is 46.5 Å². The Kier molecular flexibility index (Phi) is 9.02. The average Bonchev–Trinajstić information content (AvgIpc) is 3.68. The number of amidine groups is 1. The summed E-state index contributed by atoms with van der Waals surface area (Å²) in [6, 6.07) is 10.2. The first kappa shape index (κ1) is 34.1. The van der Waals surface area contributed by atoms with Gasteiger partial charge in [0.25, 0.3) is 11.8 Å². The number of nitrogens with two attached hydrogens (primary N) is 2. The summed E-state index contributed by atoms with van der Waals surface area (Å²) in [4.78, 5) is 60.6. The van der Waals surface area contributed by atoms with Gasteiger partial charge >= 0.3 is 5.97 Å². The Bertz CT molecular complexity index is 2120. The van der Waals surface area contributed by atoms with E-state index >= 15 is 0 Å². The summed E-state index contributed by atoms with van der Waals surface area (Å²) in [6.45, 7) is 3.20. The molecule has 6 rings (SSSR count). The number of carbonyl (C=O) groups is 4. The van der Waals surface area contributed by atoms with Crippen molar-refractivity contribution in [3.63, 3.8) is 0 Å². The first-order valence-electron chi connectivity index (χ1n) is 14.9. The second kappa shape index (κ2) is 13.2. The minimum Gasteiger partial charge on any atom is -0.543 e. The molecule has 2 amide bonds. The molecule has 1 fully saturated rings. The molecule has 1 saturated heterocycles. The van der Waals surface area contributed by atoms with Crippen LogP contribution in [0.1, 0.15) is 30.8 Å². The molecule has 2 atom stereocenters. The Balaban J connectivity index is 1.18. The molecule has 17 nitrogen and oxygen atoms in total. The molecule has 0 radical (unpaired) electrons. The van der Waals surface area contributed by atoms with E-state index in [1.165, 1.54) is 25.6 Å². The Morgan fingerprint density at radius 2 is 1.98 bits per heavy atom. The summed E-state index contributed by atoms with van der Waals surface area (Å²) in [5.74, 6) is -4.51. The lowest BCUT2D eigenvalue weighted by Gasteiger charge is -2.50. The highest BCUT2D eigenvalue weighted by atomic mass is 32.2. The number of rotatable bonds is 12. The molecule has 1 aromatic carbocycles. The summed E-state index contributed by atoms with van der Waals surface area (Å²) in [5, 5.41) is 35.7. The van der Waals surface area contributed by atoms with Crippen LogP contribution in [-0.4, -0.2) is 82.0 Å². The van der Waals surface area contributed by atoms with Gasteiger partial charge in [0.05, 0.1) is 22.6 Å². The number of hydrogen-bond acceptors (Lipinski definition) is 13. The lowest BCUT2D eigenvalue weighted by atomic mass is 10.0. The highest BCUT2D eigenvalue weighted by Crippen LogP contribution is 2.40. The summed E-state index contributed by atoms with van der Waals surface area (Å²) in [5.41, 5.74) is 11.7. The summed E-state index contributed by atoms with van der Waals surface area (Å²) >= 11 is 2.03. The maximum absolute atomic E-state index is 13.3. The Morgan fingerprint density at radius 1 is 1.24 bits per heavy atom. The van der Waals surface area contributed by atoms with Crippen molar-refractivity contribution in [2.75, 3.05) is 11.5 Å². The van der Waals surface area contributed by atoms with Crippen molar-refractivity contribution in [3.05, 3.63) is 83.2 Å². The van der Waals surface area contributed by atoms with Gasteiger partial charge in [-0.15, -0.1) is 11.8 Å². The van der Waals surface area contributed by atoms with Gasteiger partial charge in [-0.3, -0.25) is 19.9 Å². The molecule has 0 bridgehead atoms. The largest absolute Gasteiger partial charge is 0.543 e. The zero-order valence-corrected chi connectivity index (χ0v) is 28.2. The molecular formula is C31H30N10O7S2. The topological polar surface area (TPSA) is 259 Å². The molecule has 3 aromatic heterocycles. The quantitative estimate of drug-likeness (QED) is 0.0404. The fourth-order valence-corrected chi connectivity index (χ4v) is 7.12. The second-order valence-corrected chi connectivity index (χ2v) is 13.8. The standard InChI is InChI=1S/C31H30N10O7S2/c1-31(2,29(46)47)48-37-20(24-36-30(34)50-38-24)25(42)35-21-26(43)41-22(28(44)45)18(14-49-27(21)41)13-39-9-8-19-17(12-39)7-10-40(19)11-15-3-5-16(6-4-15)23(32)33/h3-10,12,21,27H,11,13-14H2,1-2H3,(H7-,32,33,34,35,36,38,42,44,45,46,47)/t21-,27-/m1/s1. The van der Waals surface area contributed by atoms with Crippen LogP contribution >= 0.6 is 23.3 Å². The number of fused-ring (bicyclic) bond motifs is 2. The second-order valence-electron chi connectivity index (χ2n) is 11.9. The van der Waals surface area contributed by atoms with E-state index in [-0.39, 0.29) is 34.8 Å². The molecule has 5 heterocycles. The molecule has 19 heteroatoms. The van der Waals surface area contributed by atoms with E-state index in [0.29, 0.717) is 17.7 Å². The zero-order chi connectivity index (χ0) is 35.9. The van der Waals surface area contributed by atoms with Crippen LogP contribution in [0.5, 0.6) is 0 Å². The number of carboxylic acid groups (broad SMARTS) is 2. The fourth-order valence-electron chi connectivity index (χ4n) is 5.35. The first-order valence-corrected chi connectivity index (χ1v) is 16.7. The van der Waals surface area contributed by atoms with E-state index in [9.17, 15) is 29.4 Å². The number of β-lactam (4-membered cyclic amide) rings is 1. The number of nitrogens with zero attached hydrogens (tertiary/aromatic N) is 6. The molecule has 0 unspecified atom stereocenters. The van der Waals surface area contributed by atoms with E-state index in [4.69, 9.17) is 21.7 Å². The number of benzene rings is 1. The van der Waals surface area contributed by atoms with Gasteiger partial charge in [-0.05, 0) is 25.5 Å². The van der Waals surface area contributed by atoms with Gasteiger partial charge in [0, 0.05) is 47.2 Å². The number of hydrogen-bond donors (Lipinski definition) is 5. The number of thioether (sulfide) groups is 1. The first-order chi connectivity index (χ1) is 23.7. The molecule has 2 aliphatic heterocycles. The normalized spacial score (nSPS) is 17.7. The summed E-state index contributed by atoms with van der Waals surface area (Å²) in [7, 11) is 0. The highest BCUT2D eigenvalue weighted by molar-refractivity contribution is 8.00. The number of oxime groups is 1. The van der Waals surface area contributed by atoms with Crippen molar-refractivity contribution < 1.29 is 38.8 Å². The molecule has 258 valence electrons. The maximum atomic E-state index is 13.3. The van der Waals surface area contributed by atoms with Crippen LogP contribution in [-0.2, 0) is 37.1 Å².